The maximum absolute atomic E-state index is 15.3. The Balaban J connectivity index is 0.986. The molecule has 4 aliphatic rings. The number of piperidine rings is 2. The molecule has 12 heteroatoms. The number of benzene rings is 3. The molecule has 0 spiro atoms. The van der Waals surface area contributed by atoms with Crippen LogP contribution in [-0.2, 0) is 15.4 Å². The summed E-state index contributed by atoms with van der Waals surface area (Å²) < 4.78 is 61.7. The van der Waals surface area contributed by atoms with Crippen LogP contribution >= 0.6 is 11.6 Å². The summed E-state index contributed by atoms with van der Waals surface area (Å²) in [5.74, 6) is -0.652. The number of aryl methyl sites for hydroxylation is 1. The number of carbonyl (C=O) groups is 1. The maximum Gasteiger partial charge on any atom is 0.256 e. The number of nitrogens with zero attached hydrogens (tertiary/aromatic N) is 4. The molecule has 1 aliphatic carbocycles. The van der Waals surface area contributed by atoms with E-state index in [1.54, 1.807) is 17.0 Å². The number of fused-ring (bicyclic) bond motifs is 3. The summed E-state index contributed by atoms with van der Waals surface area (Å²) >= 11 is 6.24. The number of nitrogens with one attached hydrogen (secondary N) is 1. The molecule has 4 aromatic rings. The molecule has 3 aliphatic heterocycles. The van der Waals surface area contributed by atoms with E-state index in [9.17, 15) is 17.6 Å². The summed E-state index contributed by atoms with van der Waals surface area (Å²) in [6.07, 6.45) is 9.74. The Kier molecular flexibility index (Phi) is 9.68. The van der Waals surface area contributed by atoms with E-state index in [0.717, 1.165) is 93.4 Å². The Labute approximate surface area is 309 Å². The quantitative estimate of drug-likeness (QED) is 0.188. The van der Waals surface area contributed by atoms with Crippen LogP contribution in [0.2, 0.25) is 5.02 Å². The van der Waals surface area contributed by atoms with Crippen LogP contribution in [0.25, 0.3) is 11.0 Å². The highest BCUT2D eigenvalue weighted by Gasteiger charge is 2.44. The van der Waals surface area contributed by atoms with Gasteiger partial charge in [0.25, 0.3) is 5.91 Å². The van der Waals surface area contributed by atoms with Crippen LogP contribution in [-0.4, -0.2) is 71.4 Å². The van der Waals surface area contributed by atoms with E-state index in [4.69, 9.17) is 16.6 Å². The van der Waals surface area contributed by atoms with Crippen molar-refractivity contribution in [3.05, 3.63) is 94.3 Å². The van der Waals surface area contributed by atoms with E-state index in [2.05, 4.69) is 39.3 Å². The molecule has 0 radical (unpaired) electrons. The first-order valence-corrected chi connectivity index (χ1v) is 20.6. The van der Waals surface area contributed by atoms with Crippen molar-refractivity contribution < 1.29 is 22.0 Å². The Hall–Kier alpha value is -3.38. The lowest BCUT2D eigenvalue weighted by Crippen LogP contribution is -2.49. The number of aromatic nitrogens is 2. The van der Waals surface area contributed by atoms with Crippen molar-refractivity contribution in [3.8, 4) is 0 Å². The number of imidazole rings is 1. The van der Waals surface area contributed by atoms with Crippen molar-refractivity contribution in [3.63, 3.8) is 0 Å². The molecule has 8 nitrogen and oxygen atoms in total. The summed E-state index contributed by atoms with van der Waals surface area (Å²) in [6, 6.07) is 18.3. The average molecular weight is 750 g/mol. The highest BCUT2D eigenvalue weighted by atomic mass is 35.5. The number of likely N-dealkylation sites (tertiary alicyclic amines) is 1. The van der Waals surface area contributed by atoms with E-state index in [0.29, 0.717) is 44.1 Å². The standard InChI is InChI=1S/C40H46ClF2N5O3S/c1-26-44-36-11-4-5-12-37(36)48(26)32-22-30-13-14-31(23-32)47(30)20-17-40(27-7-6-8-28(42)21-27)15-18-46(19-16-40)39(49)33-24-38(34(41)25-35(33)43)52(50,51)45-29-9-2-3-10-29/h4-8,11-12,21,24-25,29-32,45H,2-3,9-10,13-20,22-23H2,1H3/t30-,31+,32?. The number of sulfonamides is 1. The normalized spacial score (nSPS) is 23.8. The van der Waals surface area contributed by atoms with Gasteiger partial charge in [0.1, 0.15) is 22.4 Å². The zero-order valence-corrected chi connectivity index (χ0v) is 31.1. The Bertz CT molecular complexity index is 2080. The minimum absolute atomic E-state index is 0.203. The summed E-state index contributed by atoms with van der Waals surface area (Å²) in [7, 11) is -4.05. The molecule has 3 aromatic carbocycles. The van der Waals surface area contributed by atoms with Crippen LogP contribution in [0.1, 0.15) is 98.4 Å². The first kappa shape index (κ1) is 35.6. The second-order valence-electron chi connectivity index (χ2n) is 15.5. The Morgan fingerprint density at radius 3 is 2.37 bits per heavy atom. The van der Waals surface area contributed by atoms with Crippen molar-refractivity contribution in [1.82, 2.24) is 24.1 Å². The zero-order chi connectivity index (χ0) is 36.2. The highest BCUT2D eigenvalue weighted by Crippen LogP contribution is 2.45. The third-order valence-corrected chi connectivity index (χ3v) is 14.5. The molecule has 1 saturated carbocycles. The van der Waals surface area contributed by atoms with Gasteiger partial charge in [-0.3, -0.25) is 9.69 Å². The minimum atomic E-state index is -4.05. The molecule has 1 amide bonds. The van der Waals surface area contributed by atoms with Gasteiger partial charge in [0.15, 0.2) is 0 Å². The number of para-hydroxylation sites is 2. The lowest BCUT2D eigenvalue weighted by atomic mass is 9.70. The lowest BCUT2D eigenvalue weighted by Gasteiger charge is -2.45. The third kappa shape index (κ3) is 6.67. The SMILES string of the molecule is Cc1nc2ccccc2n1C1C[C@H]2CC[C@@H](C1)N2CCC1(c2cccc(F)c2)CCN(C(=O)c2cc(S(=O)(=O)NC3CCCC3)c(Cl)cc2F)CC1. The monoisotopic (exact) mass is 749 g/mol. The maximum atomic E-state index is 15.3. The Morgan fingerprint density at radius 1 is 0.942 bits per heavy atom. The number of rotatable bonds is 9. The molecule has 8 rings (SSSR count). The summed E-state index contributed by atoms with van der Waals surface area (Å²) in [5, 5.41) is -0.255. The van der Waals surface area contributed by atoms with Crippen LogP contribution in [0.3, 0.4) is 0 Å². The van der Waals surface area contributed by atoms with Gasteiger partial charge in [-0.05, 0) is 119 Å². The van der Waals surface area contributed by atoms with Crippen LogP contribution < -0.4 is 4.72 Å². The average Bonchev–Trinajstić information content (AvgIpc) is 3.81. The van der Waals surface area contributed by atoms with Gasteiger partial charge < -0.3 is 9.47 Å². The van der Waals surface area contributed by atoms with Gasteiger partial charge in [0, 0.05) is 37.3 Å². The van der Waals surface area contributed by atoms with Crippen LogP contribution in [0, 0.1) is 18.6 Å². The van der Waals surface area contributed by atoms with Gasteiger partial charge in [0.2, 0.25) is 10.0 Å². The van der Waals surface area contributed by atoms with E-state index in [1.165, 1.54) is 11.6 Å². The van der Waals surface area contributed by atoms with Crippen molar-refractivity contribution in [2.45, 2.75) is 112 Å². The first-order valence-electron chi connectivity index (χ1n) is 18.8. The van der Waals surface area contributed by atoms with E-state index in [1.807, 2.05) is 12.1 Å². The zero-order valence-electron chi connectivity index (χ0n) is 29.5. The fourth-order valence-electron chi connectivity index (χ4n) is 9.83. The van der Waals surface area contributed by atoms with Crippen molar-refractivity contribution >= 4 is 38.6 Å². The van der Waals surface area contributed by atoms with Gasteiger partial charge in [0.05, 0.1) is 21.6 Å². The van der Waals surface area contributed by atoms with Crippen LogP contribution in [0.15, 0.2) is 65.6 Å². The number of halogens is 3. The first-order chi connectivity index (χ1) is 25.0. The fraction of sp³-hybridized carbons (Fsp3) is 0.500. The molecule has 276 valence electrons. The molecule has 2 bridgehead atoms. The van der Waals surface area contributed by atoms with Crippen molar-refractivity contribution in [2.75, 3.05) is 19.6 Å². The molecular formula is C40H46ClF2N5O3S. The predicted octanol–water partition coefficient (Wildman–Crippen LogP) is 7.93. The predicted molar refractivity (Wildman–Crippen MR) is 198 cm³/mol. The third-order valence-electron chi connectivity index (χ3n) is 12.5. The fourth-order valence-corrected chi connectivity index (χ4v) is 11.7. The number of carbonyl (C=O) groups excluding carboxylic acids is 1. The molecule has 3 saturated heterocycles. The Morgan fingerprint density at radius 2 is 1.65 bits per heavy atom. The molecule has 3 atom stereocenters. The van der Waals surface area contributed by atoms with E-state index in [-0.39, 0.29) is 32.8 Å². The van der Waals surface area contributed by atoms with E-state index >= 15 is 4.39 Å². The van der Waals surface area contributed by atoms with Gasteiger partial charge in [-0.15, -0.1) is 0 Å². The number of hydrogen-bond donors (Lipinski definition) is 1. The molecule has 1 unspecified atom stereocenters. The largest absolute Gasteiger partial charge is 0.338 e. The van der Waals surface area contributed by atoms with Crippen LogP contribution in [0.4, 0.5) is 8.78 Å². The second-order valence-corrected chi connectivity index (χ2v) is 17.6. The molecule has 4 fully saturated rings. The van der Waals surface area contributed by atoms with Crippen molar-refractivity contribution in [1.29, 1.82) is 0 Å². The van der Waals surface area contributed by atoms with Gasteiger partial charge in [-0.25, -0.2) is 26.9 Å². The minimum Gasteiger partial charge on any atom is -0.338 e. The topological polar surface area (TPSA) is 87.5 Å². The van der Waals surface area contributed by atoms with Crippen LogP contribution in [0.5, 0.6) is 0 Å². The smallest absolute Gasteiger partial charge is 0.256 e. The van der Waals surface area contributed by atoms with E-state index < -0.39 is 21.7 Å². The second kappa shape index (κ2) is 14.1. The summed E-state index contributed by atoms with van der Waals surface area (Å²) in [6.45, 7) is 3.64. The molecule has 1 aromatic heterocycles. The van der Waals surface area contributed by atoms with Gasteiger partial charge >= 0.3 is 0 Å². The van der Waals surface area contributed by atoms with Gasteiger partial charge in [-0.2, -0.15) is 0 Å². The lowest BCUT2D eigenvalue weighted by molar-refractivity contribution is 0.0602. The summed E-state index contributed by atoms with van der Waals surface area (Å²) in [4.78, 5) is 22.7. The van der Waals surface area contributed by atoms with Gasteiger partial charge in [-0.1, -0.05) is 48.7 Å². The molecular weight excluding hydrogens is 704 g/mol. The highest BCUT2D eigenvalue weighted by molar-refractivity contribution is 7.89. The molecule has 1 N–H and O–H groups in total. The molecule has 4 heterocycles. The number of amides is 1. The van der Waals surface area contributed by atoms with Crippen molar-refractivity contribution in [2.24, 2.45) is 0 Å². The molecule has 52 heavy (non-hydrogen) atoms. The summed E-state index contributed by atoms with van der Waals surface area (Å²) in [5.41, 5.74) is 2.48. The number of hydrogen-bond acceptors (Lipinski definition) is 5.